The molecule has 9 nitrogen and oxygen atoms in total. The molecular weight excluding hydrogens is 596 g/mol. The van der Waals surface area contributed by atoms with Gasteiger partial charge in [0.1, 0.15) is 0 Å². The first-order chi connectivity index (χ1) is 20.4. The van der Waals surface area contributed by atoms with Gasteiger partial charge in [-0.25, -0.2) is 8.78 Å². The summed E-state index contributed by atoms with van der Waals surface area (Å²) in [5, 5.41) is 2.53. The van der Waals surface area contributed by atoms with Crippen molar-refractivity contribution in [1.82, 2.24) is 5.32 Å². The Balaban J connectivity index is 1.29. The maximum absolute atomic E-state index is 14.0. The molecule has 1 aliphatic rings. The largest absolute Gasteiger partial charge is 0.420 e. The summed E-state index contributed by atoms with van der Waals surface area (Å²) in [5.74, 6) is -7.50. The summed E-state index contributed by atoms with van der Waals surface area (Å²) in [6, 6.07) is 14.6. The Hall–Kier alpha value is -4.74. The molecule has 3 aromatic carbocycles. The van der Waals surface area contributed by atoms with E-state index in [4.69, 9.17) is 4.55 Å². The number of nitrogens with one attached hydrogen (secondary N) is 1. The number of carbonyl (C=O) groups excluding carboxylic acids is 3. The Kier molecular flexibility index (Phi) is 9.47. The minimum absolute atomic E-state index is 0.0385. The lowest BCUT2D eigenvalue weighted by molar-refractivity contribution is -0.135. The molecule has 14 heteroatoms. The number of amides is 2. The van der Waals surface area contributed by atoms with Crippen LogP contribution in [0.5, 0.6) is 5.75 Å². The Morgan fingerprint density at radius 1 is 0.860 bits per heavy atom. The second-order valence-corrected chi connectivity index (χ2v) is 10.6. The van der Waals surface area contributed by atoms with Crippen molar-refractivity contribution in [1.29, 1.82) is 0 Å². The Bertz CT molecular complexity index is 1760. The highest BCUT2D eigenvalue weighted by Crippen LogP contribution is 2.33. The summed E-state index contributed by atoms with van der Waals surface area (Å²) in [7, 11) is -5.67. The summed E-state index contributed by atoms with van der Waals surface area (Å²) in [4.78, 5) is 36.7. The molecule has 1 heterocycles. The quantitative estimate of drug-likeness (QED) is 0.0926. The SMILES string of the molecule is O=C(CCCC(=O)Oc1c(F)c(F)c(S(=O)(=O)O)c(F)c1F)NCCC(=O)N1Cc2ccccc2C#Cc2ccccc21. The lowest BCUT2D eigenvalue weighted by Crippen LogP contribution is -2.35. The third-order valence-corrected chi connectivity index (χ3v) is 7.15. The molecule has 0 saturated carbocycles. The van der Waals surface area contributed by atoms with Crippen molar-refractivity contribution in [2.24, 2.45) is 0 Å². The van der Waals surface area contributed by atoms with Gasteiger partial charge in [-0.1, -0.05) is 42.2 Å². The molecular formula is C29H22F4N2O7S. The summed E-state index contributed by atoms with van der Waals surface area (Å²) in [6.07, 6.45) is -1.15. The number of hydrogen-bond donors (Lipinski definition) is 2. The molecule has 0 radical (unpaired) electrons. The minimum Gasteiger partial charge on any atom is -0.420 e. The molecule has 0 aromatic heterocycles. The second kappa shape index (κ2) is 13.1. The lowest BCUT2D eigenvalue weighted by atomic mass is 10.0. The van der Waals surface area contributed by atoms with E-state index >= 15 is 0 Å². The number of esters is 1. The highest BCUT2D eigenvalue weighted by Gasteiger charge is 2.34. The van der Waals surface area contributed by atoms with Crippen LogP contribution in [0.2, 0.25) is 0 Å². The molecule has 3 aromatic rings. The van der Waals surface area contributed by atoms with E-state index in [0.717, 1.165) is 11.1 Å². The normalized spacial score (nSPS) is 12.2. The Morgan fingerprint density at radius 3 is 2.14 bits per heavy atom. The number of para-hydroxylation sites is 1. The topological polar surface area (TPSA) is 130 Å². The minimum atomic E-state index is -5.67. The smallest absolute Gasteiger partial charge is 0.311 e. The summed E-state index contributed by atoms with van der Waals surface area (Å²) in [6.45, 7) is 0.230. The third kappa shape index (κ3) is 7.19. The molecule has 0 atom stereocenters. The van der Waals surface area contributed by atoms with Crippen LogP contribution in [-0.4, -0.2) is 37.3 Å². The van der Waals surface area contributed by atoms with E-state index in [1.165, 1.54) is 0 Å². The van der Waals surface area contributed by atoms with E-state index in [0.29, 0.717) is 11.3 Å². The van der Waals surface area contributed by atoms with E-state index in [1.54, 1.807) is 23.1 Å². The van der Waals surface area contributed by atoms with E-state index in [9.17, 15) is 40.4 Å². The lowest BCUT2D eigenvalue weighted by Gasteiger charge is -2.26. The van der Waals surface area contributed by atoms with Crippen molar-refractivity contribution in [3.8, 4) is 17.6 Å². The number of anilines is 1. The van der Waals surface area contributed by atoms with Gasteiger partial charge in [0.05, 0.1) is 12.2 Å². The van der Waals surface area contributed by atoms with Crippen LogP contribution >= 0.6 is 0 Å². The summed E-state index contributed by atoms with van der Waals surface area (Å²) >= 11 is 0. The van der Waals surface area contributed by atoms with Gasteiger partial charge in [-0.05, 0) is 30.2 Å². The number of benzene rings is 3. The number of fused-ring (bicyclic) bond motifs is 2. The van der Waals surface area contributed by atoms with E-state index in [1.807, 2.05) is 30.3 Å². The average Bonchev–Trinajstić information content (AvgIpc) is 2.95. The number of halogens is 4. The van der Waals surface area contributed by atoms with Crippen molar-refractivity contribution >= 4 is 33.6 Å². The number of carbonyl (C=O) groups is 3. The predicted molar refractivity (Wildman–Crippen MR) is 143 cm³/mol. The highest BCUT2D eigenvalue weighted by atomic mass is 32.2. The second-order valence-electron chi connectivity index (χ2n) is 9.22. The third-order valence-electron chi connectivity index (χ3n) is 6.28. The Labute approximate surface area is 243 Å². The molecule has 0 saturated heterocycles. The molecule has 0 spiro atoms. The average molecular weight is 619 g/mol. The molecule has 224 valence electrons. The van der Waals surface area contributed by atoms with Crippen molar-refractivity contribution in [3.63, 3.8) is 0 Å². The van der Waals surface area contributed by atoms with Crippen LogP contribution in [0.1, 0.15) is 42.4 Å². The molecule has 4 rings (SSSR count). The van der Waals surface area contributed by atoms with Gasteiger partial charge >= 0.3 is 16.1 Å². The summed E-state index contributed by atoms with van der Waals surface area (Å²) < 4.78 is 90.9. The number of nitrogens with zero attached hydrogens (tertiary/aromatic N) is 1. The van der Waals surface area contributed by atoms with Gasteiger partial charge in [0.15, 0.2) is 16.5 Å². The van der Waals surface area contributed by atoms with E-state index < -0.39 is 62.3 Å². The van der Waals surface area contributed by atoms with Crippen molar-refractivity contribution in [2.45, 2.75) is 37.1 Å². The zero-order valence-electron chi connectivity index (χ0n) is 22.1. The maximum atomic E-state index is 14.0. The van der Waals surface area contributed by atoms with Gasteiger partial charge in [0, 0.05) is 36.9 Å². The van der Waals surface area contributed by atoms with Crippen LogP contribution in [0.15, 0.2) is 53.4 Å². The van der Waals surface area contributed by atoms with Crippen molar-refractivity contribution in [2.75, 3.05) is 11.4 Å². The fourth-order valence-electron chi connectivity index (χ4n) is 4.21. The Morgan fingerprint density at radius 2 is 1.47 bits per heavy atom. The monoisotopic (exact) mass is 618 g/mol. The first-order valence-corrected chi connectivity index (χ1v) is 14.1. The highest BCUT2D eigenvalue weighted by molar-refractivity contribution is 7.85. The van der Waals surface area contributed by atoms with Gasteiger partial charge in [-0.3, -0.25) is 18.9 Å². The van der Waals surface area contributed by atoms with Gasteiger partial charge in [0.25, 0.3) is 0 Å². The fourth-order valence-corrected chi connectivity index (χ4v) is 4.84. The molecule has 43 heavy (non-hydrogen) atoms. The number of ether oxygens (including phenoxy) is 1. The standard InChI is InChI=1S/C29H22F4N2O7S/c30-24-26(32)29(43(39,40)41)27(33)25(31)28(24)42-23(38)11-5-10-21(36)34-15-14-22(37)35-16-19-8-2-1-6-17(19)12-13-18-7-3-4-9-20(18)35/h1-4,6-9H,5,10-11,14-16H2,(H,34,36)(H,39,40,41). The van der Waals surface area contributed by atoms with Gasteiger partial charge < -0.3 is 15.0 Å². The predicted octanol–water partition coefficient (Wildman–Crippen LogP) is 4.02. The summed E-state index contributed by atoms with van der Waals surface area (Å²) in [5.41, 5.74) is 2.94. The number of hydrogen-bond acceptors (Lipinski definition) is 6. The molecule has 0 bridgehead atoms. The molecule has 2 amide bonds. The zero-order chi connectivity index (χ0) is 31.3. The molecule has 2 N–H and O–H groups in total. The molecule has 0 unspecified atom stereocenters. The van der Waals surface area contributed by atoms with E-state index in [2.05, 4.69) is 21.9 Å². The van der Waals surface area contributed by atoms with Crippen molar-refractivity contribution < 1.29 is 49.7 Å². The zero-order valence-corrected chi connectivity index (χ0v) is 22.9. The van der Waals surface area contributed by atoms with Crippen LogP contribution in [0.3, 0.4) is 0 Å². The van der Waals surface area contributed by atoms with Crippen LogP contribution < -0.4 is 15.0 Å². The van der Waals surface area contributed by atoms with Gasteiger partial charge in [-0.15, -0.1) is 0 Å². The van der Waals surface area contributed by atoms with Crippen LogP contribution in [0.4, 0.5) is 23.2 Å². The van der Waals surface area contributed by atoms with Gasteiger partial charge in [-0.2, -0.15) is 17.2 Å². The molecule has 0 aliphatic carbocycles. The van der Waals surface area contributed by atoms with Crippen LogP contribution in [0.25, 0.3) is 0 Å². The molecule has 0 fully saturated rings. The van der Waals surface area contributed by atoms with Gasteiger partial charge in [0.2, 0.25) is 29.2 Å². The number of rotatable bonds is 9. The van der Waals surface area contributed by atoms with E-state index in [-0.39, 0.29) is 38.3 Å². The fraction of sp³-hybridized carbons (Fsp3) is 0.207. The first kappa shape index (κ1) is 31.2. The van der Waals surface area contributed by atoms with Crippen LogP contribution in [-0.2, 0) is 31.0 Å². The first-order valence-electron chi connectivity index (χ1n) is 12.7. The van der Waals surface area contributed by atoms with Crippen molar-refractivity contribution in [3.05, 3.63) is 88.5 Å². The molecule has 1 aliphatic heterocycles. The maximum Gasteiger partial charge on any atom is 0.311 e. The van der Waals surface area contributed by atoms with Crippen LogP contribution in [0, 0.1) is 35.1 Å².